The molecular formula is C42H45ClF3N9O4. The van der Waals surface area contributed by atoms with E-state index in [0.717, 1.165) is 96.0 Å². The molecule has 0 atom stereocenters. The summed E-state index contributed by atoms with van der Waals surface area (Å²) >= 11 is 6.14. The number of nitrogens with zero attached hydrogens (tertiary/aromatic N) is 7. The van der Waals surface area contributed by atoms with Crippen molar-refractivity contribution in [2.45, 2.75) is 82.2 Å². The van der Waals surface area contributed by atoms with Crippen molar-refractivity contribution in [3.63, 3.8) is 0 Å². The summed E-state index contributed by atoms with van der Waals surface area (Å²) in [4.78, 5) is 43.2. The number of halogens is 4. The van der Waals surface area contributed by atoms with Crippen molar-refractivity contribution in [2.24, 2.45) is 5.92 Å². The topological polar surface area (TPSA) is 149 Å². The molecule has 4 aliphatic rings. The fourth-order valence-electron chi connectivity index (χ4n) is 8.88. The highest BCUT2D eigenvalue weighted by Crippen LogP contribution is 2.40. The number of carbonyl (C=O) groups excluding carboxylic acids is 3. The van der Waals surface area contributed by atoms with Crippen molar-refractivity contribution in [3.05, 3.63) is 76.6 Å². The highest BCUT2D eigenvalue weighted by atomic mass is 35.5. The van der Waals surface area contributed by atoms with Crippen LogP contribution in [0.4, 0.5) is 29.5 Å². The van der Waals surface area contributed by atoms with Gasteiger partial charge in [0.15, 0.2) is 11.5 Å². The van der Waals surface area contributed by atoms with Crippen LogP contribution in [0.15, 0.2) is 54.7 Å². The van der Waals surface area contributed by atoms with E-state index >= 15 is 0 Å². The van der Waals surface area contributed by atoms with E-state index in [1.54, 1.807) is 30.3 Å². The van der Waals surface area contributed by atoms with Crippen LogP contribution in [0.25, 0.3) is 10.9 Å². The Morgan fingerprint density at radius 1 is 0.932 bits per heavy atom. The van der Waals surface area contributed by atoms with Gasteiger partial charge in [-0.25, -0.2) is 4.79 Å². The number of aromatic nitrogens is 3. The lowest BCUT2D eigenvalue weighted by Gasteiger charge is -2.38. The summed E-state index contributed by atoms with van der Waals surface area (Å²) in [5, 5.41) is 24.0. The number of imide groups is 1. The van der Waals surface area contributed by atoms with E-state index in [4.69, 9.17) is 21.6 Å². The lowest BCUT2D eigenvalue weighted by atomic mass is 9.92. The number of alkyl halides is 3. The summed E-state index contributed by atoms with van der Waals surface area (Å²) in [5.41, 5.74) is 0.438. The van der Waals surface area contributed by atoms with Crippen LogP contribution in [0.2, 0.25) is 5.02 Å². The number of amides is 4. The van der Waals surface area contributed by atoms with E-state index in [1.807, 2.05) is 22.9 Å². The van der Waals surface area contributed by atoms with E-state index in [0.29, 0.717) is 33.2 Å². The standard InChI is InChI=1S/C42H45ClF3N9O4/c43-34-23-32(4-1-27(34)24-47)59-31-5-2-29(3-6-31)48-40(57)35-7-8-38(51-50-35)53-17-9-26(10-18-53)25-52-15-11-30(12-16-52)54-19-13-33-36(54)21-28(42(44,45)46)22-37(33)55-20-14-39(56)49-41(55)58/h1,4,7-8,13,19,21-23,26,29-31H,2-3,5-6,9-12,14-18,20,25H2,(H,48,57)(H,49,56,58). The first kappa shape index (κ1) is 40.4. The number of ether oxygens (including phenoxy) is 1. The van der Waals surface area contributed by atoms with Crippen LogP contribution < -0.4 is 25.2 Å². The molecule has 13 nitrogen and oxygen atoms in total. The van der Waals surface area contributed by atoms with Gasteiger partial charge in [0, 0.05) is 75.4 Å². The maximum absolute atomic E-state index is 14.1. The third-order valence-electron chi connectivity index (χ3n) is 12.2. The van der Waals surface area contributed by atoms with Gasteiger partial charge in [-0.15, -0.1) is 10.2 Å². The minimum atomic E-state index is -4.60. The Morgan fingerprint density at radius 2 is 1.69 bits per heavy atom. The zero-order valence-corrected chi connectivity index (χ0v) is 33.1. The highest BCUT2D eigenvalue weighted by Gasteiger charge is 2.35. The van der Waals surface area contributed by atoms with Gasteiger partial charge in [0.05, 0.1) is 33.5 Å². The van der Waals surface area contributed by atoms with E-state index in [2.05, 4.69) is 30.6 Å². The van der Waals surface area contributed by atoms with Gasteiger partial charge >= 0.3 is 12.2 Å². The molecule has 2 N–H and O–H groups in total. The largest absolute Gasteiger partial charge is 0.490 e. The van der Waals surface area contributed by atoms with Gasteiger partial charge in [0.25, 0.3) is 5.91 Å². The maximum Gasteiger partial charge on any atom is 0.416 e. The summed E-state index contributed by atoms with van der Waals surface area (Å²) in [5.74, 6) is 1.17. The molecule has 3 aliphatic heterocycles. The van der Waals surface area contributed by atoms with Gasteiger partial charge in [-0.3, -0.25) is 19.8 Å². The second-order valence-electron chi connectivity index (χ2n) is 16.0. The van der Waals surface area contributed by atoms with Crippen molar-refractivity contribution < 1.29 is 32.3 Å². The maximum atomic E-state index is 14.1. The minimum Gasteiger partial charge on any atom is -0.490 e. The first-order chi connectivity index (χ1) is 28.4. The third kappa shape index (κ3) is 9.11. The Morgan fingerprint density at radius 3 is 2.36 bits per heavy atom. The predicted molar refractivity (Wildman–Crippen MR) is 214 cm³/mol. The zero-order chi connectivity index (χ0) is 41.3. The lowest BCUT2D eigenvalue weighted by Crippen LogP contribution is -2.49. The average Bonchev–Trinajstić information content (AvgIpc) is 3.66. The average molecular weight is 832 g/mol. The van der Waals surface area contributed by atoms with Gasteiger partial charge < -0.3 is 24.4 Å². The third-order valence-corrected chi connectivity index (χ3v) is 12.5. The molecule has 59 heavy (non-hydrogen) atoms. The van der Waals surface area contributed by atoms with Crippen molar-refractivity contribution in [2.75, 3.05) is 49.1 Å². The summed E-state index contributed by atoms with van der Waals surface area (Å²) in [6.45, 7) is 4.26. The first-order valence-corrected chi connectivity index (χ1v) is 20.6. The molecule has 17 heteroatoms. The minimum absolute atomic E-state index is 0.00383. The number of anilines is 2. The number of urea groups is 1. The molecule has 4 fully saturated rings. The van der Waals surface area contributed by atoms with E-state index in [1.165, 1.54) is 11.0 Å². The molecular weight excluding hydrogens is 787 g/mol. The molecule has 0 bridgehead atoms. The fraction of sp³-hybridized carbons (Fsp3) is 0.476. The Kier molecular flexibility index (Phi) is 11.7. The number of carbonyl (C=O) groups is 3. The van der Waals surface area contributed by atoms with E-state index in [-0.39, 0.29) is 48.4 Å². The van der Waals surface area contributed by atoms with Crippen molar-refractivity contribution in [1.29, 1.82) is 5.26 Å². The van der Waals surface area contributed by atoms with Crippen LogP contribution in [-0.4, -0.2) is 88.9 Å². The normalized spacial score (nSPS) is 21.3. The molecule has 1 saturated carbocycles. The van der Waals surface area contributed by atoms with Gasteiger partial charge in [0.1, 0.15) is 11.8 Å². The Bertz CT molecular complexity index is 2240. The molecule has 2 aromatic heterocycles. The van der Waals surface area contributed by atoms with Crippen LogP contribution in [0.1, 0.15) is 85.4 Å². The second kappa shape index (κ2) is 17.1. The number of benzene rings is 2. The SMILES string of the molecule is N#Cc1ccc(OC2CCC(NC(=O)c3ccc(N4CCC(CN5CCC(n6ccc7c(N8CCC(=O)NC8=O)cc(C(F)(F)F)cc76)CC5)CC4)nn3)CC2)cc1Cl. The number of piperidine rings is 2. The number of nitrogens with one attached hydrogen (secondary N) is 2. The van der Waals surface area contributed by atoms with Gasteiger partial charge in [0.2, 0.25) is 5.91 Å². The fourth-order valence-corrected chi connectivity index (χ4v) is 9.10. The van der Waals surface area contributed by atoms with Crippen LogP contribution in [0.5, 0.6) is 5.75 Å². The zero-order valence-electron chi connectivity index (χ0n) is 32.4. The summed E-state index contributed by atoms with van der Waals surface area (Å²) in [7, 11) is 0. The Balaban J connectivity index is 0.790. The van der Waals surface area contributed by atoms with Crippen LogP contribution in [0.3, 0.4) is 0 Å². The van der Waals surface area contributed by atoms with Crippen molar-refractivity contribution in [3.8, 4) is 11.8 Å². The quantitative estimate of drug-likeness (QED) is 0.180. The summed E-state index contributed by atoms with van der Waals surface area (Å²) in [6, 6.07) is 13.9. The number of fused-ring (bicyclic) bond motifs is 1. The molecule has 310 valence electrons. The number of likely N-dealkylation sites (tertiary alicyclic amines) is 1. The number of hydrogen-bond acceptors (Lipinski definition) is 9. The molecule has 4 aromatic rings. The molecule has 4 amide bonds. The molecule has 5 heterocycles. The van der Waals surface area contributed by atoms with Gasteiger partial charge in [-0.2, -0.15) is 18.4 Å². The number of hydrogen-bond donors (Lipinski definition) is 2. The smallest absolute Gasteiger partial charge is 0.416 e. The number of nitriles is 1. The Labute approximate surface area is 344 Å². The van der Waals surface area contributed by atoms with Gasteiger partial charge in [-0.05, 0) is 99.7 Å². The summed E-state index contributed by atoms with van der Waals surface area (Å²) in [6.07, 6.45) is 3.86. The monoisotopic (exact) mass is 831 g/mol. The Hall–Kier alpha value is -5.40. The van der Waals surface area contributed by atoms with Crippen molar-refractivity contribution in [1.82, 2.24) is 30.3 Å². The molecule has 1 aliphatic carbocycles. The molecule has 0 spiro atoms. The van der Waals surface area contributed by atoms with Crippen LogP contribution >= 0.6 is 11.6 Å². The van der Waals surface area contributed by atoms with Gasteiger partial charge in [-0.1, -0.05) is 11.6 Å². The van der Waals surface area contributed by atoms with E-state index < -0.39 is 23.7 Å². The highest BCUT2D eigenvalue weighted by molar-refractivity contribution is 6.31. The molecule has 2 aromatic carbocycles. The first-order valence-electron chi connectivity index (χ1n) is 20.2. The summed E-state index contributed by atoms with van der Waals surface area (Å²) < 4.78 is 50.2. The lowest BCUT2D eigenvalue weighted by molar-refractivity contribution is -0.137. The van der Waals surface area contributed by atoms with Crippen LogP contribution in [0, 0.1) is 17.2 Å². The molecule has 0 unspecified atom stereocenters. The molecule has 0 radical (unpaired) electrons. The molecule has 8 rings (SSSR count). The number of rotatable bonds is 9. The van der Waals surface area contributed by atoms with E-state index in [9.17, 15) is 27.6 Å². The second-order valence-corrected chi connectivity index (χ2v) is 16.4. The van der Waals surface area contributed by atoms with Crippen molar-refractivity contribution >= 4 is 51.9 Å². The predicted octanol–water partition coefficient (Wildman–Crippen LogP) is 7.09. The van der Waals surface area contributed by atoms with Crippen LogP contribution in [-0.2, 0) is 11.0 Å². The molecule has 3 saturated heterocycles.